The summed E-state index contributed by atoms with van der Waals surface area (Å²) in [6.45, 7) is 10.8. The first kappa shape index (κ1) is 16.3. The van der Waals surface area contributed by atoms with Crippen LogP contribution in [-0.2, 0) is 9.53 Å². The smallest absolute Gasteiger partial charge is 0.231 e. The molecule has 0 amide bonds. The first-order valence-corrected chi connectivity index (χ1v) is 9.04. The van der Waals surface area contributed by atoms with Crippen LogP contribution in [-0.4, -0.2) is 34.3 Å². The summed E-state index contributed by atoms with van der Waals surface area (Å²) in [5, 5.41) is 21.4. The summed E-state index contributed by atoms with van der Waals surface area (Å²) in [6.07, 6.45) is 6.89. The van der Waals surface area contributed by atoms with Crippen molar-refractivity contribution in [2.45, 2.75) is 58.2 Å². The van der Waals surface area contributed by atoms with Crippen LogP contribution in [0.3, 0.4) is 0 Å². The number of carbonyl (C=O) groups excluding carboxylic acids is 1. The minimum Gasteiger partial charge on any atom is -0.505 e. The van der Waals surface area contributed by atoms with Crippen molar-refractivity contribution in [3.63, 3.8) is 0 Å². The van der Waals surface area contributed by atoms with E-state index in [2.05, 4.69) is 26.5 Å². The van der Waals surface area contributed by atoms with E-state index in [9.17, 15) is 15.0 Å². The quantitative estimate of drug-likeness (QED) is 0.571. The number of aliphatic hydroxyl groups excluding tert-OH is 2. The van der Waals surface area contributed by atoms with Crippen LogP contribution in [0, 0.1) is 28.1 Å². The third-order valence-corrected chi connectivity index (χ3v) is 8.16. The second kappa shape index (κ2) is 4.53. The highest BCUT2D eigenvalue weighted by molar-refractivity contribution is 6.03. The summed E-state index contributed by atoms with van der Waals surface area (Å²) in [4.78, 5) is 12.6. The molecule has 1 heterocycles. The number of hydrogen-bond donors (Lipinski definition) is 2. The molecule has 0 aromatic heterocycles. The van der Waals surface area contributed by atoms with Crippen molar-refractivity contribution in [2.24, 2.45) is 28.1 Å². The van der Waals surface area contributed by atoms with Crippen LogP contribution in [0.2, 0.25) is 0 Å². The van der Waals surface area contributed by atoms with Gasteiger partial charge in [-0.25, -0.2) is 0 Å². The molecule has 2 N–H and O–H groups in total. The molecule has 1 saturated heterocycles. The highest BCUT2D eigenvalue weighted by Crippen LogP contribution is 2.69. The van der Waals surface area contributed by atoms with Gasteiger partial charge in [0.1, 0.15) is 0 Å². The van der Waals surface area contributed by atoms with Crippen LogP contribution in [0.15, 0.2) is 24.5 Å². The van der Waals surface area contributed by atoms with Gasteiger partial charge in [-0.3, -0.25) is 4.79 Å². The summed E-state index contributed by atoms with van der Waals surface area (Å²) in [5.74, 6) is -0.251. The Morgan fingerprint density at radius 3 is 2.58 bits per heavy atom. The highest BCUT2D eigenvalue weighted by atomic mass is 16.6. The van der Waals surface area contributed by atoms with Crippen molar-refractivity contribution < 1.29 is 19.7 Å². The Morgan fingerprint density at radius 2 is 2.00 bits per heavy atom. The Bertz CT molecular complexity index is 648. The zero-order valence-corrected chi connectivity index (χ0v) is 14.8. The van der Waals surface area contributed by atoms with Crippen LogP contribution >= 0.6 is 0 Å². The Morgan fingerprint density at radius 1 is 1.33 bits per heavy atom. The molecule has 1 aliphatic heterocycles. The van der Waals surface area contributed by atoms with Gasteiger partial charge in [-0.15, -0.1) is 6.58 Å². The molecule has 2 saturated carbocycles. The normalized spacial score (nSPS) is 56.2. The van der Waals surface area contributed by atoms with E-state index < -0.39 is 17.1 Å². The van der Waals surface area contributed by atoms with Gasteiger partial charge in [-0.2, -0.15) is 0 Å². The van der Waals surface area contributed by atoms with Crippen LogP contribution in [0.4, 0.5) is 0 Å². The zero-order valence-electron chi connectivity index (χ0n) is 14.8. The van der Waals surface area contributed by atoms with Gasteiger partial charge in [0.2, 0.25) is 5.78 Å². The van der Waals surface area contributed by atoms with Crippen molar-refractivity contribution in [3.05, 3.63) is 24.5 Å². The molecular formula is C20H28O4. The maximum Gasteiger partial charge on any atom is 0.231 e. The lowest BCUT2D eigenvalue weighted by Gasteiger charge is -2.63. The molecule has 0 aromatic rings. The van der Waals surface area contributed by atoms with Crippen LogP contribution in [0.5, 0.6) is 0 Å². The second-order valence-corrected chi connectivity index (χ2v) is 9.27. The Hall–Kier alpha value is -1.13. The van der Waals surface area contributed by atoms with Crippen molar-refractivity contribution in [1.82, 2.24) is 0 Å². The van der Waals surface area contributed by atoms with E-state index in [4.69, 9.17) is 4.74 Å². The fraction of sp³-hybridized carbons (Fsp3) is 0.750. The third-order valence-electron chi connectivity index (χ3n) is 8.16. The lowest BCUT2D eigenvalue weighted by Crippen LogP contribution is -2.66. The van der Waals surface area contributed by atoms with Gasteiger partial charge in [-0.1, -0.05) is 26.8 Å². The number of rotatable bonds is 1. The number of allylic oxidation sites excluding steroid dienone is 2. The molecule has 7 atom stereocenters. The lowest BCUT2D eigenvalue weighted by atomic mass is 9.41. The van der Waals surface area contributed by atoms with Crippen molar-refractivity contribution in [1.29, 1.82) is 0 Å². The number of Topliss-reactive ketones (excluding diaryl/α,β-unsaturated/α-hetero) is 1. The average Bonchev–Trinajstić information content (AvgIpc) is 3.34. The summed E-state index contributed by atoms with van der Waals surface area (Å²) in [5.41, 5.74) is -1.64. The predicted octanol–water partition coefficient (Wildman–Crippen LogP) is 3.17. The number of carbonyl (C=O) groups is 1. The van der Waals surface area contributed by atoms with Gasteiger partial charge in [0.05, 0.1) is 12.7 Å². The first-order chi connectivity index (χ1) is 11.1. The minimum atomic E-state index is -1.02. The molecule has 4 nitrogen and oxygen atoms in total. The van der Waals surface area contributed by atoms with Gasteiger partial charge >= 0.3 is 0 Å². The van der Waals surface area contributed by atoms with E-state index in [1.807, 2.05) is 6.92 Å². The standard InChI is InChI=1S/C20H28O4/c1-5-17(2)6-7-18(3)12(10-17)8-15(22)19(4)14(18)9-13(21)16(23)20(19)11-24-20/h5,9,12,14-15,21-22H,1,6-8,10-11H2,2-4H3. The number of ketones is 1. The van der Waals surface area contributed by atoms with Gasteiger partial charge < -0.3 is 14.9 Å². The SMILES string of the molecule is C=CC1(C)CCC2(C)C(CC(O)C3(C)C2C=C(O)C(=O)C32CO2)C1. The van der Waals surface area contributed by atoms with E-state index in [-0.39, 0.29) is 28.3 Å². The molecule has 0 aromatic carbocycles. The first-order valence-electron chi connectivity index (χ1n) is 9.04. The molecule has 7 unspecified atom stereocenters. The Kier molecular flexibility index (Phi) is 3.08. The third kappa shape index (κ3) is 1.69. The maximum absolute atomic E-state index is 12.6. The predicted molar refractivity (Wildman–Crippen MR) is 90.4 cm³/mol. The fourth-order valence-corrected chi connectivity index (χ4v) is 6.09. The maximum atomic E-state index is 12.6. The van der Waals surface area contributed by atoms with E-state index in [0.29, 0.717) is 18.9 Å². The molecule has 24 heavy (non-hydrogen) atoms. The summed E-state index contributed by atoms with van der Waals surface area (Å²) in [7, 11) is 0. The second-order valence-electron chi connectivity index (χ2n) is 9.27. The zero-order chi connectivity index (χ0) is 17.5. The topological polar surface area (TPSA) is 70.1 Å². The average molecular weight is 332 g/mol. The van der Waals surface area contributed by atoms with Gasteiger partial charge in [-0.05, 0) is 54.4 Å². The molecule has 4 heteroatoms. The Balaban J connectivity index is 1.82. The van der Waals surface area contributed by atoms with E-state index >= 15 is 0 Å². The van der Waals surface area contributed by atoms with Crippen molar-refractivity contribution in [2.75, 3.05) is 6.61 Å². The number of fused-ring (bicyclic) bond motifs is 4. The van der Waals surface area contributed by atoms with Gasteiger partial charge in [0.25, 0.3) is 0 Å². The molecule has 4 rings (SSSR count). The summed E-state index contributed by atoms with van der Waals surface area (Å²) < 4.78 is 5.62. The van der Waals surface area contributed by atoms with Crippen LogP contribution < -0.4 is 0 Å². The number of epoxide rings is 1. The Labute approximate surface area is 143 Å². The molecule has 3 fully saturated rings. The number of ether oxygens (including phenoxy) is 1. The highest BCUT2D eigenvalue weighted by Gasteiger charge is 2.76. The van der Waals surface area contributed by atoms with Crippen LogP contribution in [0.1, 0.15) is 46.5 Å². The molecule has 0 bridgehead atoms. The van der Waals surface area contributed by atoms with Crippen molar-refractivity contribution >= 4 is 5.78 Å². The van der Waals surface area contributed by atoms with E-state index in [1.54, 1.807) is 6.08 Å². The summed E-state index contributed by atoms with van der Waals surface area (Å²) in [6, 6.07) is 0. The molecule has 0 radical (unpaired) electrons. The number of hydrogen-bond acceptors (Lipinski definition) is 4. The van der Waals surface area contributed by atoms with Gasteiger partial charge in [0, 0.05) is 5.41 Å². The monoisotopic (exact) mass is 332 g/mol. The van der Waals surface area contributed by atoms with Gasteiger partial charge in [0.15, 0.2) is 11.4 Å². The molecule has 4 aliphatic rings. The fourth-order valence-electron chi connectivity index (χ4n) is 6.09. The lowest BCUT2D eigenvalue weighted by molar-refractivity contribution is -0.183. The van der Waals surface area contributed by atoms with E-state index in [1.165, 1.54) is 0 Å². The molecule has 132 valence electrons. The molecular weight excluding hydrogens is 304 g/mol. The number of aliphatic hydroxyl groups is 2. The molecule has 3 aliphatic carbocycles. The molecule has 1 spiro atoms. The van der Waals surface area contributed by atoms with Crippen molar-refractivity contribution in [3.8, 4) is 0 Å². The van der Waals surface area contributed by atoms with Crippen LogP contribution in [0.25, 0.3) is 0 Å². The minimum absolute atomic E-state index is 0.0515. The summed E-state index contributed by atoms with van der Waals surface area (Å²) >= 11 is 0. The van der Waals surface area contributed by atoms with E-state index in [0.717, 1.165) is 19.3 Å². The largest absolute Gasteiger partial charge is 0.505 e.